The first kappa shape index (κ1) is 44.3. The van der Waals surface area contributed by atoms with Gasteiger partial charge in [-0.1, -0.05) is 108 Å². The zero-order valence-electron chi connectivity index (χ0n) is 35.2. The molecule has 0 saturated carbocycles. The van der Waals surface area contributed by atoms with Gasteiger partial charge in [0.15, 0.2) is 0 Å². The van der Waals surface area contributed by atoms with Gasteiger partial charge in [0, 0.05) is 36.6 Å². The number of pyridine rings is 2. The van der Waals surface area contributed by atoms with Gasteiger partial charge in [0.1, 0.15) is 12.1 Å². The average molecular weight is 806 g/mol. The van der Waals surface area contributed by atoms with Crippen LogP contribution < -0.4 is 16.0 Å². The van der Waals surface area contributed by atoms with E-state index in [2.05, 4.69) is 25.9 Å². The minimum atomic E-state index is -1.34. The average Bonchev–Trinajstić information content (AvgIpc) is 3.51. The van der Waals surface area contributed by atoms with E-state index < -0.39 is 53.1 Å². The number of carbonyl (C=O) groups is 4. The minimum absolute atomic E-state index is 0.0357. The van der Waals surface area contributed by atoms with E-state index in [0.29, 0.717) is 26.1 Å². The number of benzene rings is 2. The molecule has 2 aromatic heterocycles. The minimum Gasteiger partial charge on any atom is -0.465 e. The number of nitrogens with zero attached hydrogens (tertiary/aromatic N) is 4. The normalized spacial score (nSPS) is 15.8. The third-order valence-electron chi connectivity index (χ3n) is 10.6. The van der Waals surface area contributed by atoms with Crippen LogP contribution in [-0.2, 0) is 29.0 Å². The molecule has 59 heavy (non-hydrogen) atoms. The third kappa shape index (κ3) is 12.3. The number of rotatable bonds is 16. The van der Waals surface area contributed by atoms with Crippen molar-refractivity contribution in [2.75, 3.05) is 13.1 Å². The van der Waals surface area contributed by atoms with E-state index in [1.54, 1.807) is 36.8 Å². The smallest absolute Gasteiger partial charge is 0.405 e. The predicted molar refractivity (Wildman–Crippen MR) is 227 cm³/mol. The second kappa shape index (κ2) is 19.3. The summed E-state index contributed by atoms with van der Waals surface area (Å²) in [6, 6.07) is 25.0. The van der Waals surface area contributed by atoms with Crippen LogP contribution in [0.4, 0.5) is 9.59 Å². The summed E-state index contributed by atoms with van der Waals surface area (Å²) < 4.78 is 0. The van der Waals surface area contributed by atoms with Gasteiger partial charge in [-0.15, -0.1) is 0 Å². The van der Waals surface area contributed by atoms with Crippen LogP contribution >= 0.6 is 0 Å². The zero-order valence-corrected chi connectivity index (χ0v) is 35.2. The number of carbonyl (C=O) groups excluding carboxylic acids is 3. The summed E-state index contributed by atoms with van der Waals surface area (Å²) in [7, 11) is 0. The molecule has 314 valence electrons. The van der Waals surface area contributed by atoms with Crippen LogP contribution in [0.3, 0.4) is 0 Å². The molecule has 0 aliphatic carbocycles. The van der Waals surface area contributed by atoms with E-state index in [-0.39, 0.29) is 24.8 Å². The zero-order chi connectivity index (χ0) is 42.9. The van der Waals surface area contributed by atoms with Crippen molar-refractivity contribution in [3.8, 4) is 11.3 Å². The molecule has 1 saturated heterocycles. The quantitative estimate of drug-likeness (QED) is 0.0917. The van der Waals surface area contributed by atoms with Gasteiger partial charge in [0.05, 0.1) is 30.1 Å². The van der Waals surface area contributed by atoms with Crippen molar-refractivity contribution in [1.29, 1.82) is 0 Å². The number of aliphatic hydroxyl groups excluding tert-OH is 1. The number of carboxylic acid groups (broad SMARTS) is 1. The van der Waals surface area contributed by atoms with Crippen molar-refractivity contribution >= 4 is 23.9 Å². The van der Waals surface area contributed by atoms with E-state index in [9.17, 15) is 29.4 Å². The van der Waals surface area contributed by atoms with Gasteiger partial charge in [0.2, 0.25) is 11.8 Å². The van der Waals surface area contributed by atoms with E-state index >= 15 is 0 Å². The fraction of sp³-hybridized carbons (Fsp3) is 0.435. The van der Waals surface area contributed by atoms with Gasteiger partial charge in [-0.05, 0) is 72.4 Å². The monoisotopic (exact) mass is 805 g/mol. The van der Waals surface area contributed by atoms with Gasteiger partial charge in [0.25, 0.3) is 0 Å². The Bertz CT molecular complexity index is 2030. The molecular weight excluding hydrogens is 747 g/mol. The molecule has 4 aromatic rings. The molecule has 1 aliphatic heterocycles. The van der Waals surface area contributed by atoms with Crippen molar-refractivity contribution in [3.63, 3.8) is 0 Å². The van der Waals surface area contributed by atoms with Crippen LogP contribution in [0, 0.1) is 17.8 Å². The lowest BCUT2D eigenvalue weighted by Gasteiger charge is -2.38. The largest absolute Gasteiger partial charge is 0.465 e. The molecule has 3 heterocycles. The third-order valence-corrected chi connectivity index (χ3v) is 10.6. The lowest BCUT2D eigenvalue weighted by atomic mass is 9.84. The number of amides is 5. The molecule has 1 fully saturated rings. The summed E-state index contributed by atoms with van der Waals surface area (Å²) in [4.78, 5) is 66.5. The molecule has 13 nitrogen and oxygen atoms in total. The molecule has 0 unspecified atom stereocenters. The topological polar surface area (TPSA) is 177 Å². The first-order chi connectivity index (χ1) is 27.9. The Kier molecular flexibility index (Phi) is 14.5. The second-order valence-electron chi connectivity index (χ2n) is 17.6. The molecule has 5 N–H and O–H groups in total. The highest BCUT2D eigenvalue weighted by atomic mass is 16.4. The number of aryl methyl sites for hydroxylation is 1. The van der Waals surface area contributed by atoms with Gasteiger partial charge < -0.3 is 36.0 Å². The van der Waals surface area contributed by atoms with Crippen LogP contribution in [0.15, 0.2) is 97.2 Å². The number of aliphatic hydroxyl groups is 1. The molecule has 5 atom stereocenters. The molecule has 0 spiro atoms. The lowest BCUT2D eigenvalue weighted by Crippen LogP contribution is -2.59. The van der Waals surface area contributed by atoms with Crippen molar-refractivity contribution in [3.05, 3.63) is 120 Å². The van der Waals surface area contributed by atoms with Gasteiger partial charge in [-0.3, -0.25) is 19.6 Å². The maximum atomic E-state index is 14.6. The van der Waals surface area contributed by atoms with Gasteiger partial charge in [-0.25, -0.2) is 9.59 Å². The molecule has 0 radical (unpaired) electrons. The Morgan fingerprint density at radius 1 is 0.763 bits per heavy atom. The molecule has 5 rings (SSSR count). The number of hydrogen-bond donors (Lipinski definition) is 5. The number of urea groups is 1. The van der Waals surface area contributed by atoms with Crippen LogP contribution in [-0.4, -0.2) is 97.3 Å². The summed E-state index contributed by atoms with van der Waals surface area (Å²) in [6.07, 6.45) is -0.168. The van der Waals surface area contributed by atoms with Crippen molar-refractivity contribution in [2.45, 2.75) is 105 Å². The molecular formula is C46H59N7O6. The van der Waals surface area contributed by atoms with E-state index in [4.69, 9.17) is 0 Å². The molecule has 2 aromatic carbocycles. The van der Waals surface area contributed by atoms with Crippen LogP contribution in [0.1, 0.15) is 70.5 Å². The Morgan fingerprint density at radius 2 is 1.44 bits per heavy atom. The number of nitrogens with one attached hydrogen (secondary N) is 3. The molecule has 1 aliphatic rings. The summed E-state index contributed by atoms with van der Waals surface area (Å²) in [6.45, 7) is 14.1. The van der Waals surface area contributed by atoms with Crippen molar-refractivity contribution in [2.24, 2.45) is 10.8 Å². The Balaban J connectivity index is 1.43. The van der Waals surface area contributed by atoms with Crippen molar-refractivity contribution in [1.82, 2.24) is 35.7 Å². The first-order valence-corrected chi connectivity index (χ1v) is 20.2. The molecule has 13 heteroatoms. The lowest BCUT2D eigenvalue weighted by molar-refractivity contribution is -0.130. The highest BCUT2D eigenvalue weighted by Gasteiger charge is 2.44. The second-order valence-corrected chi connectivity index (χ2v) is 17.6. The summed E-state index contributed by atoms with van der Waals surface area (Å²) in [5.41, 5.74) is 3.68. The molecule has 0 bridgehead atoms. The van der Waals surface area contributed by atoms with Crippen LogP contribution in [0.25, 0.3) is 11.3 Å². The highest BCUT2D eigenvalue weighted by Crippen LogP contribution is 2.29. The van der Waals surface area contributed by atoms with E-state index in [1.165, 1.54) is 0 Å². The van der Waals surface area contributed by atoms with E-state index in [0.717, 1.165) is 33.8 Å². The van der Waals surface area contributed by atoms with Gasteiger partial charge >= 0.3 is 12.1 Å². The standard InChI is InChI=1S/C46H59N7O6/c1-30-14-13-17-34(48-30)29-52-24-25-53(44(52)59)40(46(5,6)7)42(56)49-35(26-32-19-21-33(22-20-32)36-18-11-12-23-47-36)28-38(54)37(27-31-15-9-8-10-16-31)50-41(55)39(45(2,3)4)51-43(57)58/h8-23,35,37-40,51,54H,24-29H2,1-7H3,(H,49,56)(H,50,55)(H,57,58)/t35-,37+,38-,39-,40-/m1/s1. The summed E-state index contributed by atoms with van der Waals surface area (Å²) in [5.74, 6) is -0.929. The summed E-state index contributed by atoms with van der Waals surface area (Å²) in [5, 5.41) is 30.2. The predicted octanol–water partition coefficient (Wildman–Crippen LogP) is 5.99. The fourth-order valence-corrected chi connectivity index (χ4v) is 7.65. The Morgan fingerprint density at radius 3 is 2.05 bits per heavy atom. The Labute approximate surface area is 347 Å². The maximum Gasteiger partial charge on any atom is 0.405 e. The Hall–Kier alpha value is -5.82. The number of aromatic nitrogens is 2. The van der Waals surface area contributed by atoms with E-state index in [1.807, 2.05) is 119 Å². The maximum absolute atomic E-state index is 14.6. The van der Waals surface area contributed by atoms with Crippen molar-refractivity contribution < 1.29 is 29.4 Å². The highest BCUT2D eigenvalue weighted by molar-refractivity contribution is 5.89. The molecule has 5 amide bonds. The van der Waals surface area contributed by atoms with Gasteiger partial charge in [-0.2, -0.15) is 0 Å². The SMILES string of the molecule is Cc1cccc(CN2CCN([C@H](C(=O)N[C@H](Cc3ccc(-c4ccccn4)cc3)C[C@@H](O)[C@H](Cc3ccccc3)NC(=O)[C@@H](NC(=O)O)C(C)(C)C)C(C)(C)C)C2=O)n1. The van der Waals surface area contributed by atoms with Crippen LogP contribution in [0.2, 0.25) is 0 Å². The number of hydrogen-bond acceptors (Lipinski definition) is 7. The summed E-state index contributed by atoms with van der Waals surface area (Å²) >= 11 is 0. The fourth-order valence-electron chi connectivity index (χ4n) is 7.65. The first-order valence-electron chi connectivity index (χ1n) is 20.2. The van der Waals surface area contributed by atoms with Crippen LogP contribution in [0.5, 0.6) is 0 Å².